The van der Waals surface area contributed by atoms with Gasteiger partial charge in [0, 0.05) is 11.8 Å². The molecule has 1 aliphatic rings. The van der Waals surface area contributed by atoms with E-state index in [0.29, 0.717) is 5.56 Å². The van der Waals surface area contributed by atoms with Crippen molar-refractivity contribution >= 4 is 11.8 Å². The molecule has 1 aromatic heterocycles. The average Bonchev–Trinajstić information content (AvgIpc) is 3.01. The van der Waals surface area contributed by atoms with E-state index in [1.807, 2.05) is 12.1 Å². The second-order valence-corrected chi connectivity index (χ2v) is 5.60. The molecule has 4 nitrogen and oxygen atoms in total. The minimum Gasteiger partial charge on any atom is -0.451 e. The first-order valence-corrected chi connectivity index (χ1v) is 7.53. The second kappa shape index (κ2) is 6.28. The van der Waals surface area contributed by atoms with Crippen LogP contribution in [-0.2, 0) is 17.6 Å². The van der Waals surface area contributed by atoms with Crippen LogP contribution in [0.25, 0.3) is 0 Å². The number of hydrogen-bond acceptors (Lipinski definition) is 4. The van der Waals surface area contributed by atoms with Crippen LogP contribution in [0.3, 0.4) is 0 Å². The molecular weight excluding hydrogens is 297 g/mol. The molecule has 0 unspecified atom stereocenters. The molecule has 0 N–H and O–H groups in total. The van der Waals surface area contributed by atoms with Gasteiger partial charge in [0.05, 0.1) is 11.8 Å². The van der Waals surface area contributed by atoms with Gasteiger partial charge in [-0.3, -0.25) is 9.78 Å². The molecule has 1 aromatic carbocycles. The molecule has 0 saturated heterocycles. The molecule has 0 bridgehead atoms. The van der Waals surface area contributed by atoms with Gasteiger partial charge in [0.15, 0.2) is 11.9 Å². The van der Waals surface area contributed by atoms with Gasteiger partial charge < -0.3 is 4.74 Å². The Labute approximate surface area is 133 Å². The van der Waals surface area contributed by atoms with Gasteiger partial charge in [0.25, 0.3) is 0 Å². The maximum absolute atomic E-state index is 13.5. The fraction of sp³-hybridized carbons (Fsp3) is 0.278. The molecule has 1 aliphatic carbocycles. The summed E-state index contributed by atoms with van der Waals surface area (Å²) in [7, 11) is 0. The third-order valence-corrected chi connectivity index (χ3v) is 4.03. The van der Waals surface area contributed by atoms with Gasteiger partial charge in [0.2, 0.25) is 5.78 Å². The Morgan fingerprint density at radius 2 is 2.00 bits per heavy atom. The van der Waals surface area contributed by atoms with Crippen LogP contribution in [0.5, 0.6) is 0 Å². The van der Waals surface area contributed by atoms with E-state index >= 15 is 0 Å². The van der Waals surface area contributed by atoms with Gasteiger partial charge >= 0.3 is 5.97 Å². The molecule has 0 aliphatic heterocycles. The summed E-state index contributed by atoms with van der Waals surface area (Å²) in [5.41, 5.74) is 2.73. The number of aromatic nitrogens is 1. The molecule has 0 amide bonds. The number of carbonyl (C=O) groups excluding carboxylic acids is 2. The first-order chi connectivity index (χ1) is 11.1. The number of nitrogens with zero attached hydrogens (tertiary/aromatic N) is 1. The molecule has 23 heavy (non-hydrogen) atoms. The van der Waals surface area contributed by atoms with Crippen molar-refractivity contribution in [3.05, 3.63) is 64.7 Å². The predicted octanol–water partition coefficient (Wildman–Crippen LogP) is 3.14. The number of Topliss-reactive ketones (excluding diaryl/α,β-unsaturated/α-hetero) is 1. The summed E-state index contributed by atoms with van der Waals surface area (Å²) >= 11 is 0. The van der Waals surface area contributed by atoms with Crippen molar-refractivity contribution in [2.75, 3.05) is 0 Å². The number of pyridine rings is 1. The summed E-state index contributed by atoms with van der Waals surface area (Å²) in [6.45, 7) is 1.49. The molecule has 0 saturated carbocycles. The van der Waals surface area contributed by atoms with E-state index in [1.165, 1.54) is 30.3 Å². The molecular formula is C18H16FNO3. The largest absolute Gasteiger partial charge is 0.451 e. The predicted molar refractivity (Wildman–Crippen MR) is 81.9 cm³/mol. The van der Waals surface area contributed by atoms with Gasteiger partial charge in [-0.15, -0.1) is 0 Å². The molecule has 0 spiro atoms. The van der Waals surface area contributed by atoms with Crippen LogP contribution in [0.1, 0.15) is 45.2 Å². The highest BCUT2D eigenvalue weighted by atomic mass is 19.1. The van der Waals surface area contributed by atoms with Crippen LogP contribution in [0.2, 0.25) is 0 Å². The Hall–Kier alpha value is -2.56. The zero-order chi connectivity index (χ0) is 16.4. The van der Waals surface area contributed by atoms with Gasteiger partial charge in [-0.2, -0.15) is 0 Å². The molecule has 118 valence electrons. The Kier molecular flexibility index (Phi) is 4.19. The number of benzene rings is 1. The number of ketones is 1. The van der Waals surface area contributed by atoms with E-state index in [2.05, 4.69) is 4.98 Å². The molecule has 2 aromatic rings. The van der Waals surface area contributed by atoms with E-state index in [4.69, 9.17) is 4.74 Å². The number of rotatable bonds is 4. The van der Waals surface area contributed by atoms with Crippen LogP contribution in [0.4, 0.5) is 4.39 Å². The minimum absolute atomic E-state index is 0.228. The molecule has 0 fully saturated rings. The van der Waals surface area contributed by atoms with Gasteiger partial charge in [-0.25, -0.2) is 9.18 Å². The number of aryl methyl sites for hydroxylation is 2. The van der Waals surface area contributed by atoms with Crippen molar-refractivity contribution in [1.82, 2.24) is 4.98 Å². The zero-order valence-electron chi connectivity index (χ0n) is 12.7. The lowest BCUT2D eigenvalue weighted by Crippen LogP contribution is -2.25. The first-order valence-electron chi connectivity index (χ1n) is 7.53. The lowest BCUT2D eigenvalue weighted by atomic mass is 10.0. The normalized spacial score (nSPS) is 14.2. The lowest BCUT2D eigenvalue weighted by Gasteiger charge is -2.13. The first kappa shape index (κ1) is 15.3. The molecule has 0 radical (unpaired) electrons. The van der Waals surface area contributed by atoms with Crippen LogP contribution < -0.4 is 0 Å². The lowest BCUT2D eigenvalue weighted by molar-refractivity contribution is 0.0314. The van der Waals surface area contributed by atoms with Crippen molar-refractivity contribution in [1.29, 1.82) is 0 Å². The number of ether oxygens (including phenoxy) is 1. The van der Waals surface area contributed by atoms with E-state index in [0.717, 1.165) is 25.5 Å². The van der Waals surface area contributed by atoms with Crippen LogP contribution in [0, 0.1) is 5.82 Å². The van der Waals surface area contributed by atoms with Gasteiger partial charge in [-0.05, 0) is 49.4 Å². The van der Waals surface area contributed by atoms with E-state index in [9.17, 15) is 14.0 Å². The summed E-state index contributed by atoms with van der Waals surface area (Å²) in [6, 6.07) is 6.79. The number of fused-ring (bicyclic) bond motifs is 1. The Morgan fingerprint density at radius 1 is 1.22 bits per heavy atom. The topological polar surface area (TPSA) is 56.3 Å². The Bertz CT molecular complexity index is 773. The number of carbonyl (C=O) groups is 2. The van der Waals surface area contributed by atoms with Crippen molar-refractivity contribution in [2.24, 2.45) is 0 Å². The fourth-order valence-corrected chi connectivity index (χ4v) is 2.78. The monoisotopic (exact) mass is 313 g/mol. The smallest absolute Gasteiger partial charge is 0.341 e. The maximum atomic E-state index is 13.5. The van der Waals surface area contributed by atoms with Crippen molar-refractivity contribution in [3.8, 4) is 0 Å². The van der Waals surface area contributed by atoms with E-state index in [1.54, 1.807) is 6.07 Å². The summed E-state index contributed by atoms with van der Waals surface area (Å²) in [6.07, 6.45) is 4.35. The van der Waals surface area contributed by atoms with Crippen LogP contribution in [0.15, 0.2) is 36.7 Å². The van der Waals surface area contributed by atoms with Crippen molar-refractivity contribution < 1.29 is 18.7 Å². The summed E-state index contributed by atoms with van der Waals surface area (Å²) in [4.78, 5) is 27.9. The molecule has 1 heterocycles. The highest BCUT2D eigenvalue weighted by Crippen LogP contribution is 2.23. The SMILES string of the molecule is C[C@H](OC(=O)c1ccncc1F)C(=O)c1ccc2c(c1)CCC2. The molecule has 3 rings (SSSR count). The second-order valence-electron chi connectivity index (χ2n) is 5.60. The highest BCUT2D eigenvalue weighted by Gasteiger charge is 2.23. The van der Waals surface area contributed by atoms with Crippen LogP contribution in [-0.4, -0.2) is 22.8 Å². The molecule has 1 atom stereocenters. The number of hydrogen-bond donors (Lipinski definition) is 0. The number of esters is 1. The van der Waals surface area contributed by atoms with Gasteiger partial charge in [-0.1, -0.05) is 12.1 Å². The Morgan fingerprint density at radius 3 is 2.78 bits per heavy atom. The van der Waals surface area contributed by atoms with Crippen molar-refractivity contribution in [2.45, 2.75) is 32.3 Å². The quantitative estimate of drug-likeness (QED) is 0.643. The fourth-order valence-electron chi connectivity index (χ4n) is 2.78. The third kappa shape index (κ3) is 3.13. The number of halogens is 1. The standard InChI is InChI=1S/C18H16FNO3/c1-11(23-18(22)15-7-8-20-10-16(15)19)17(21)14-6-5-12-3-2-4-13(12)9-14/h5-11H,2-4H2,1H3/t11-/m0/s1. The highest BCUT2D eigenvalue weighted by molar-refractivity contribution is 6.01. The summed E-state index contributed by atoms with van der Waals surface area (Å²) < 4.78 is 18.6. The third-order valence-electron chi connectivity index (χ3n) is 4.03. The molecule has 5 heteroatoms. The summed E-state index contributed by atoms with van der Waals surface area (Å²) in [5.74, 6) is -1.93. The van der Waals surface area contributed by atoms with E-state index in [-0.39, 0.29) is 11.3 Å². The van der Waals surface area contributed by atoms with Crippen LogP contribution >= 0.6 is 0 Å². The Balaban J connectivity index is 1.73. The van der Waals surface area contributed by atoms with E-state index < -0.39 is 17.9 Å². The zero-order valence-corrected chi connectivity index (χ0v) is 12.7. The van der Waals surface area contributed by atoms with Crippen molar-refractivity contribution in [3.63, 3.8) is 0 Å². The maximum Gasteiger partial charge on any atom is 0.341 e. The average molecular weight is 313 g/mol. The van der Waals surface area contributed by atoms with Gasteiger partial charge in [0.1, 0.15) is 0 Å². The minimum atomic E-state index is -0.977. The summed E-state index contributed by atoms with van der Waals surface area (Å²) in [5, 5.41) is 0.